The van der Waals surface area contributed by atoms with Crippen molar-refractivity contribution in [1.29, 1.82) is 0 Å². The summed E-state index contributed by atoms with van der Waals surface area (Å²) in [7, 11) is 0. The van der Waals surface area contributed by atoms with Gasteiger partial charge < -0.3 is 9.63 Å². The number of nitrogens with one attached hydrogen (secondary N) is 1. The van der Waals surface area contributed by atoms with Gasteiger partial charge in [0.1, 0.15) is 11.3 Å². The number of benzene rings is 1. The maximum absolute atomic E-state index is 10.7. The Hall–Kier alpha value is -2.51. The Morgan fingerprint density at radius 2 is 2.17 bits per heavy atom. The molecule has 0 spiro atoms. The summed E-state index contributed by atoms with van der Waals surface area (Å²) in [5, 5.41) is 25.1. The molecule has 1 aliphatic rings. The molecular weight excluding hydrogens is 294 g/mol. The van der Waals surface area contributed by atoms with Crippen molar-refractivity contribution in [1.82, 2.24) is 25.5 Å². The molecule has 23 heavy (non-hydrogen) atoms. The van der Waals surface area contributed by atoms with Crippen LogP contribution < -0.4 is 0 Å². The van der Waals surface area contributed by atoms with Gasteiger partial charge in [0.05, 0.1) is 11.9 Å². The van der Waals surface area contributed by atoms with Crippen LogP contribution in [0.15, 0.2) is 47.1 Å². The molecule has 7 nitrogen and oxygen atoms in total. The normalized spacial score (nSPS) is 21.8. The summed E-state index contributed by atoms with van der Waals surface area (Å²) >= 11 is 0. The lowest BCUT2D eigenvalue weighted by Gasteiger charge is -2.20. The Kier molecular flexibility index (Phi) is 3.44. The quantitative estimate of drug-likeness (QED) is 0.760. The third-order valence-electron chi connectivity index (χ3n) is 4.22. The van der Waals surface area contributed by atoms with Gasteiger partial charge in [-0.1, -0.05) is 35.5 Å². The molecule has 0 radical (unpaired) electrons. The Bertz CT molecular complexity index is 771. The van der Waals surface area contributed by atoms with E-state index < -0.39 is 5.60 Å². The summed E-state index contributed by atoms with van der Waals surface area (Å²) in [6.07, 6.45) is 2.20. The highest BCUT2D eigenvalue weighted by Crippen LogP contribution is 2.31. The Labute approximate surface area is 132 Å². The smallest absolute Gasteiger partial charge is 0.167 e. The van der Waals surface area contributed by atoms with Gasteiger partial charge in [-0.3, -0.25) is 4.90 Å². The zero-order valence-electron chi connectivity index (χ0n) is 12.5. The van der Waals surface area contributed by atoms with Crippen LogP contribution in [0.1, 0.15) is 17.8 Å². The summed E-state index contributed by atoms with van der Waals surface area (Å²) in [6.45, 7) is 1.92. The van der Waals surface area contributed by atoms with Crippen LogP contribution in [-0.4, -0.2) is 43.7 Å². The number of hydrogen-bond donors (Lipinski definition) is 2. The summed E-state index contributed by atoms with van der Waals surface area (Å²) in [5.74, 6) is 0.756. The monoisotopic (exact) mass is 311 g/mol. The first kappa shape index (κ1) is 14.1. The van der Waals surface area contributed by atoms with Crippen molar-refractivity contribution in [3.63, 3.8) is 0 Å². The largest absolute Gasteiger partial charge is 0.382 e. The number of aromatic nitrogens is 4. The maximum Gasteiger partial charge on any atom is 0.167 e. The number of nitrogens with zero attached hydrogens (tertiary/aromatic N) is 4. The second kappa shape index (κ2) is 5.60. The number of aromatic amines is 1. The first-order chi connectivity index (χ1) is 11.2. The molecule has 3 heterocycles. The van der Waals surface area contributed by atoms with Gasteiger partial charge in [0, 0.05) is 31.3 Å². The van der Waals surface area contributed by atoms with Gasteiger partial charge in [0.25, 0.3) is 0 Å². The van der Waals surface area contributed by atoms with Crippen LogP contribution in [0.5, 0.6) is 0 Å². The molecule has 1 atom stereocenters. The van der Waals surface area contributed by atoms with Gasteiger partial charge in [-0.15, -0.1) is 0 Å². The predicted molar refractivity (Wildman–Crippen MR) is 82.1 cm³/mol. The molecule has 1 aliphatic heterocycles. The first-order valence-corrected chi connectivity index (χ1v) is 7.55. The van der Waals surface area contributed by atoms with Crippen molar-refractivity contribution in [3.8, 4) is 11.3 Å². The van der Waals surface area contributed by atoms with Gasteiger partial charge in [-0.05, 0) is 6.42 Å². The van der Waals surface area contributed by atoms with E-state index in [4.69, 9.17) is 4.52 Å². The second-order valence-corrected chi connectivity index (χ2v) is 5.90. The zero-order valence-corrected chi connectivity index (χ0v) is 12.5. The van der Waals surface area contributed by atoms with Crippen molar-refractivity contribution in [2.75, 3.05) is 13.1 Å². The van der Waals surface area contributed by atoms with E-state index in [1.807, 2.05) is 36.4 Å². The van der Waals surface area contributed by atoms with Crippen LogP contribution in [0.4, 0.5) is 0 Å². The summed E-state index contributed by atoms with van der Waals surface area (Å²) in [5.41, 5.74) is 1.50. The highest BCUT2D eigenvalue weighted by molar-refractivity contribution is 5.56. The van der Waals surface area contributed by atoms with E-state index in [-0.39, 0.29) is 0 Å². The Balaban J connectivity index is 1.45. The number of rotatable bonds is 4. The number of likely N-dealkylation sites (tertiary alicyclic amines) is 1. The Morgan fingerprint density at radius 1 is 1.30 bits per heavy atom. The SMILES string of the molecule is OC1(c2cn[nH]n2)CCN(Cc2cc(-c3ccccc3)on2)C1. The molecule has 1 unspecified atom stereocenters. The molecule has 2 aromatic heterocycles. The molecule has 7 heteroatoms. The summed E-state index contributed by atoms with van der Waals surface area (Å²) in [4.78, 5) is 2.14. The topological polar surface area (TPSA) is 91.1 Å². The van der Waals surface area contributed by atoms with Crippen LogP contribution in [-0.2, 0) is 12.1 Å². The molecule has 1 saturated heterocycles. The number of H-pyrrole nitrogens is 1. The van der Waals surface area contributed by atoms with Crippen molar-refractivity contribution < 1.29 is 9.63 Å². The van der Waals surface area contributed by atoms with Crippen molar-refractivity contribution in [3.05, 3.63) is 54.0 Å². The Morgan fingerprint density at radius 3 is 2.96 bits per heavy atom. The molecule has 0 bridgehead atoms. The van der Waals surface area contributed by atoms with Gasteiger partial charge in [0.2, 0.25) is 0 Å². The maximum atomic E-state index is 10.7. The molecule has 1 aromatic carbocycles. The van der Waals surface area contributed by atoms with Crippen LogP contribution in [0, 0.1) is 0 Å². The fraction of sp³-hybridized carbons (Fsp3) is 0.312. The second-order valence-electron chi connectivity index (χ2n) is 5.90. The average Bonchev–Trinajstić information content (AvgIpc) is 3.30. The third-order valence-corrected chi connectivity index (χ3v) is 4.22. The minimum atomic E-state index is -0.945. The van der Waals surface area contributed by atoms with E-state index in [0.29, 0.717) is 25.2 Å². The average molecular weight is 311 g/mol. The van der Waals surface area contributed by atoms with E-state index in [1.54, 1.807) is 6.20 Å². The van der Waals surface area contributed by atoms with Gasteiger partial charge in [-0.2, -0.15) is 15.4 Å². The lowest BCUT2D eigenvalue weighted by atomic mass is 10.0. The molecule has 3 aromatic rings. The standard InChI is InChI=1S/C16H17N5O2/c22-16(15-9-17-20-18-15)6-7-21(11-16)10-13-8-14(23-19-13)12-4-2-1-3-5-12/h1-5,8-9,22H,6-7,10-11H2,(H,17,18,20). The molecule has 2 N–H and O–H groups in total. The van der Waals surface area contributed by atoms with Gasteiger partial charge in [0.15, 0.2) is 5.76 Å². The third kappa shape index (κ3) is 2.76. The molecule has 4 rings (SSSR count). The molecular formula is C16H17N5O2. The van der Waals surface area contributed by atoms with Crippen molar-refractivity contribution in [2.45, 2.75) is 18.6 Å². The fourth-order valence-corrected chi connectivity index (χ4v) is 2.99. The molecule has 0 saturated carbocycles. The van der Waals surface area contributed by atoms with Crippen LogP contribution >= 0.6 is 0 Å². The van der Waals surface area contributed by atoms with E-state index in [0.717, 1.165) is 23.6 Å². The van der Waals surface area contributed by atoms with Gasteiger partial charge in [-0.25, -0.2) is 0 Å². The molecule has 1 fully saturated rings. The van der Waals surface area contributed by atoms with Crippen LogP contribution in [0.2, 0.25) is 0 Å². The number of β-amino-alcohol motifs (C(OH)–C–C–N with tert-alkyl or cyclic N) is 1. The molecule has 0 amide bonds. The van der Waals surface area contributed by atoms with Crippen LogP contribution in [0.3, 0.4) is 0 Å². The minimum absolute atomic E-state index is 0.507. The highest BCUT2D eigenvalue weighted by atomic mass is 16.5. The van der Waals surface area contributed by atoms with E-state index in [1.165, 1.54) is 0 Å². The fourth-order valence-electron chi connectivity index (χ4n) is 2.99. The van der Waals surface area contributed by atoms with E-state index in [9.17, 15) is 5.11 Å². The lowest BCUT2D eigenvalue weighted by molar-refractivity contribution is 0.0406. The highest BCUT2D eigenvalue weighted by Gasteiger charge is 2.39. The summed E-state index contributed by atoms with van der Waals surface area (Å²) in [6, 6.07) is 11.8. The van der Waals surface area contributed by atoms with Crippen molar-refractivity contribution in [2.24, 2.45) is 0 Å². The molecule has 0 aliphatic carbocycles. The van der Waals surface area contributed by atoms with Crippen LogP contribution in [0.25, 0.3) is 11.3 Å². The van der Waals surface area contributed by atoms with Crippen molar-refractivity contribution >= 4 is 0 Å². The van der Waals surface area contributed by atoms with E-state index >= 15 is 0 Å². The van der Waals surface area contributed by atoms with E-state index in [2.05, 4.69) is 25.5 Å². The predicted octanol–water partition coefficient (Wildman–Crippen LogP) is 1.55. The minimum Gasteiger partial charge on any atom is -0.382 e. The van der Waals surface area contributed by atoms with Gasteiger partial charge >= 0.3 is 0 Å². The molecule has 118 valence electrons. The summed E-state index contributed by atoms with van der Waals surface area (Å²) < 4.78 is 5.42. The number of aliphatic hydroxyl groups is 1. The first-order valence-electron chi connectivity index (χ1n) is 7.55. The number of hydrogen-bond acceptors (Lipinski definition) is 6. The lowest BCUT2D eigenvalue weighted by Crippen LogP contribution is -2.31. The zero-order chi connectivity index (χ0) is 15.7.